The molecule has 0 radical (unpaired) electrons. The number of rotatable bonds is 4. The molecule has 3 heteroatoms. The van der Waals surface area contributed by atoms with Gasteiger partial charge in [-0.2, -0.15) is 0 Å². The maximum atomic E-state index is 12.4. The molecule has 0 saturated heterocycles. The van der Waals surface area contributed by atoms with Crippen LogP contribution in [0, 0.1) is 27.6 Å². The predicted octanol–water partition coefficient (Wildman–Crippen LogP) is 8.00. The second-order valence-electron chi connectivity index (χ2n) is 13.2. The standard InChI is InChI=1S/C32H49NO2/c1-8-24-12-13-25-22(3)28(35)26(34)19-23(25)11-10-14-32(7)27-20-29(4,21-33-9-2)15-16-30(27,5)17-18-31(24,32)6/h12-13,19,27,33,35H,8-11,14-18,20-21H2,1-7H3/b24-12+,25-13-/t27-,29-,30-,31-,32+/m1/s1. The fraction of sp³-hybridized carbons (Fsp3) is 0.719. The molecule has 4 rings (SSSR count). The number of nitrogens with one attached hydrogen (secondary N) is 1. The monoisotopic (exact) mass is 479 g/mol. The van der Waals surface area contributed by atoms with E-state index in [2.05, 4.69) is 59.0 Å². The highest BCUT2D eigenvalue weighted by atomic mass is 16.3. The van der Waals surface area contributed by atoms with Gasteiger partial charge in [0.2, 0.25) is 5.78 Å². The van der Waals surface area contributed by atoms with E-state index in [1.807, 2.05) is 6.92 Å². The third-order valence-corrected chi connectivity index (χ3v) is 11.2. The zero-order valence-electron chi connectivity index (χ0n) is 23.4. The average Bonchev–Trinajstić information content (AvgIpc) is 2.82. The highest BCUT2D eigenvalue weighted by molar-refractivity contribution is 6.06. The minimum absolute atomic E-state index is 0.0878. The number of hydrogen-bond acceptors (Lipinski definition) is 3. The fourth-order valence-electron chi connectivity index (χ4n) is 8.49. The molecule has 0 aromatic carbocycles. The number of carbonyl (C=O) groups excluding carboxylic acids is 1. The molecule has 2 fully saturated rings. The number of ketones is 1. The Morgan fingerprint density at radius 2 is 1.74 bits per heavy atom. The fourth-order valence-corrected chi connectivity index (χ4v) is 8.49. The lowest BCUT2D eigenvalue weighted by molar-refractivity contribution is -0.144. The highest BCUT2D eigenvalue weighted by Crippen LogP contribution is 2.70. The van der Waals surface area contributed by atoms with Gasteiger partial charge in [0, 0.05) is 12.1 Å². The summed E-state index contributed by atoms with van der Waals surface area (Å²) in [6.07, 6.45) is 17.0. The second kappa shape index (κ2) is 9.36. The number of aliphatic hydroxyl groups is 1. The normalized spacial score (nSPS) is 43.1. The van der Waals surface area contributed by atoms with Crippen molar-refractivity contribution in [1.82, 2.24) is 5.32 Å². The van der Waals surface area contributed by atoms with Crippen LogP contribution in [0.4, 0.5) is 0 Å². The molecule has 0 unspecified atom stereocenters. The summed E-state index contributed by atoms with van der Waals surface area (Å²) in [5.41, 5.74) is 5.57. The number of carbonyl (C=O) groups is 1. The van der Waals surface area contributed by atoms with Crippen molar-refractivity contribution in [2.24, 2.45) is 27.6 Å². The van der Waals surface area contributed by atoms with Crippen molar-refractivity contribution in [3.63, 3.8) is 0 Å². The Hall–Kier alpha value is -1.61. The summed E-state index contributed by atoms with van der Waals surface area (Å²) in [6, 6.07) is 0. The third kappa shape index (κ3) is 4.30. The SMILES string of the molecule is CCNC[C@]1(C)CC[C@]2(C)CC[C@]3(C)/C(CC)=C/C=C4\C(=CC(=O)C(O)=C4C)CCC[C@@]3(C)[C@@H]2C1. The van der Waals surface area contributed by atoms with E-state index in [9.17, 15) is 9.90 Å². The first-order valence-corrected chi connectivity index (χ1v) is 14.2. The van der Waals surface area contributed by atoms with Gasteiger partial charge in [-0.25, -0.2) is 0 Å². The van der Waals surface area contributed by atoms with E-state index in [4.69, 9.17) is 0 Å². The van der Waals surface area contributed by atoms with Crippen LogP contribution in [0.25, 0.3) is 0 Å². The molecule has 0 aromatic heterocycles. The zero-order valence-corrected chi connectivity index (χ0v) is 23.4. The Morgan fingerprint density at radius 1 is 1.03 bits per heavy atom. The van der Waals surface area contributed by atoms with E-state index in [0.717, 1.165) is 49.1 Å². The van der Waals surface area contributed by atoms with Crippen molar-refractivity contribution < 1.29 is 9.90 Å². The van der Waals surface area contributed by atoms with Gasteiger partial charge in [-0.3, -0.25) is 4.79 Å². The van der Waals surface area contributed by atoms with Gasteiger partial charge >= 0.3 is 0 Å². The van der Waals surface area contributed by atoms with Crippen LogP contribution < -0.4 is 5.32 Å². The molecule has 0 amide bonds. The van der Waals surface area contributed by atoms with E-state index >= 15 is 0 Å². The van der Waals surface area contributed by atoms with Crippen LogP contribution in [-0.4, -0.2) is 24.0 Å². The molecule has 0 spiro atoms. The Balaban J connectivity index is 1.81. The van der Waals surface area contributed by atoms with Crippen molar-refractivity contribution in [1.29, 1.82) is 0 Å². The van der Waals surface area contributed by atoms with Crippen LogP contribution in [0.1, 0.15) is 106 Å². The number of allylic oxidation sites excluding steroid dienone is 7. The lowest BCUT2D eigenvalue weighted by atomic mass is 9.39. The first kappa shape index (κ1) is 26.5. The summed E-state index contributed by atoms with van der Waals surface area (Å²) < 4.78 is 0. The molecule has 2 N–H and O–H groups in total. The van der Waals surface area contributed by atoms with Crippen molar-refractivity contribution >= 4 is 5.78 Å². The Labute approximate surface area is 214 Å². The molecule has 4 aliphatic rings. The van der Waals surface area contributed by atoms with Gasteiger partial charge in [-0.1, -0.05) is 59.3 Å². The van der Waals surface area contributed by atoms with E-state index < -0.39 is 0 Å². The molecule has 194 valence electrons. The summed E-state index contributed by atoms with van der Waals surface area (Å²) in [5.74, 6) is 0.367. The first-order valence-electron chi connectivity index (χ1n) is 14.2. The van der Waals surface area contributed by atoms with Crippen LogP contribution in [0.2, 0.25) is 0 Å². The lowest BCUT2D eigenvalue weighted by Crippen LogP contribution is -2.58. The summed E-state index contributed by atoms with van der Waals surface area (Å²) in [7, 11) is 0. The molecular weight excluding hydrogens is 430 g/mol. The van der Waals surface area contributed by atoms with E-state index in [1.54, 1.807) is 11.6 Å². The number of hydrogen-bond donors (Lipinski definition) is 2. The molecule has 0 heterocycles. The van der Waals surface area contributed by atoms with Gasteiger partial charge < -0.3 is 10.4 Å². The van der Waals surface area contributed by atoms with E-state index in [1.165, 1.54) is 38.5 Å². The molecule has 3 nitrogen and oxygen atoms in total. The van der Waals surface area contributed by atoms with Crippen LogP contribution >= 0.6 is 0 Å². The van der Waals surface area contributed by atoms with Crippen molar-refractivity contribution in [3.05, 3.63) is 46.3 Å². The molecule has 2 saturated carbocycles. The number of aliphatic hydroxyl groups excluding tert-OH is 1. The van der Waals surface area contributed by atoms with Crippen LogP contribution in [0.3, 0.4) is 0 Å². The molecule has 35 heavy (non-hydrogen) atoms. The van der Waals surface area contributed by atoms with Gasteiger partial charge in [-0.05, 0) is 116 Å². The molecule has 0 aromatic rings. The molecule has 0 bridgehead atoms. The Kier molecular flexibility index (Phi) is 7.07. The highest BCUT2D eigenvalue weighted by Gasteiger charge is 2.61. The maximum Gasteiger partial charge on any atom is 0.220 e. The second-order valence-corrected chi connectivity index (χ2v) is 13.2. The van der Waals surface area contributed by atoms with Gasteiger partial charge in [0.25, 0.3) is 0 Å². The third-order valence-electron chi connectivity index (χ3n) is 11.2. The molecule has 4 aliphatic carbocycles. The smallest absolute Gasteiger partial charge is 0.220 e. The maximum absolute atomic E-state index is 12.4. The van der Waals surface area contributed by atoms with Gasteiger partial charge in [0.15, 0.2) is 5.76 Å². The predicted molar refractivity (Wildman–Crippen MR) is 146 cm³/mol. The summed E-state index contributed by atoms with van der Waals surface area (Å²) in [4.78, 5) is 12.4. The summed E-state index contributed by atoms with van der Waals surface area (Å²) in [6.45, 7) is 18.9. The minimum atomic E-state index is -0.237. The molecular formula is C32H49NO2. The summed E-state index contributed by atoms with van der Waals surface area (Å²) >= 11 is 0. The first-order chi connectivity index (χ1) is 16.4. The molecule has 5 atom stereocenters. The van der Waals surface area contributed by atoms with Crippen molar-refractivity contribution in [3.8, 4) is 0 Å². The van der Waals surface area contributed by atoms with Crippen molar-refractivity contribution in [2.75, 3.05) is 13.1 Å². The average molecular weight is 480 g/mol. The van der Waals surface area contributed by atoms with Gasteiger partial charge in [0.05, 0.1) is 0 Å². The largest absolute Gasteiger partial charge is 0.504 e. The van der Waals surface area contributed by atoms with Crippen LogP contribution in [0.5, 0.6) is 0 Å². The zero-order chi connectivity index (χ0) is 25.6. The van der Waals surface area contributed by atoms with Crippen LogP contribution in [0.15, 0.2) is 46.3 Å². The van der Waals surface area contributed by atoms with Crippen LogP contribution in [-0.2, 0) is 4.79 Å². The topological polar surface area (TPSA) is 49.3 Å². The molecule has 0 aliphatic heterocycles. The quantitative estimate of drug-likeness (QED) is 0.429. The Morgan fingerprint density at radius 3 is 2.43 bits per heavy atom. The lowest BCUT2D eigenvalue weighted by Gasteiger charge is -2.66. The number of fused-ring (bicyclic) bond motifs is 4. The summed E-state index contributed by atoms with van der Waals surface area (Å²) in [5, 5.41) is 14.0. The van der Waals surface area contributed by atoms with Crippen molar-refractivity contribution in [2.45, 2.75) is 106 Å². The van der Waals surface area contributed by atoms with Gasteiger partial charge in [0.1, 0.15) is 0 Å². The minimum Gasteiger partial charge on any atom is -0.504 e. The van der Waals surface area contributed by atoms with Gasteiger partial charge in [-0.15, -0.1) is 0 Å². The Bertz CT molecular complexity index is 999. The van der Waals surface area contributed by atoms with E-state index in [0.29, 0.717) is 16.7 Å². The van der Waals surface area contributed by atoms with E-state index in [-0.39, 0.29) is 22.4 Å².